The van der Waals surface area contributed by atoms with Crippen LogP contribution in [0.25, 0.3) is 0 Å². The average molecular weight is 367 g/mol. The summed E-state index contributed by atoms with van der Waals surface area (Å²) in [6.45, 7) is 9.21. The van der Waals surface area contributed by atoms with Gasteiger partial charge in [-0.1, -0.05) is 12.1 Å². The van der Waals surface area contributed by atoms with Gasteiger partial charge >= 0.3 is 0 Å². The van der Waals surface area contributed by atoms with Crippen molar-refractivity contribution in [2.45, 2.75) is 45.8 Å². The number of hydrogen-bond acceptors (Lipinski definition) is 4. The van der Waals surface area contributed by atoms with Crippen LogP contribution in [0.1, 0.15) is 40.8 Å². The van der Waals surface area contributed by atoms with Crippen LogP contribution in [0.5, 0.6) is 5.75 Å². The summed E-state index contributed by atoms with van der Waals surface area (Å²) >= 11 is 0. The molecule has 144 valence electrons. The standard InChI is InChI=1S/C23H30N2O2/c1-15-5-6-22(24-11-15)23(26)8-7-18-12-25(14-20(18)23)13-19-9-17(3)21(27-4)10-16(19)2/h5-6,9-11,18,20,26H,7-8,12-14H2,1-4H3/t18-,20+,23-/m0/s1. The largest absolute Gasteiger partial charge is 0.496 e. The third kappa shape index (κ3) is 3.26. The molecule has 1 aliphatic carbocycles. The molecule has 0 amide bonds. The van der Waals surface area contributed by atoms with Gasteiger partial charge in [0.25, 0.3) is 0 Å². The van der Waals surface area contributed by atoms with Crippen molar-refractivity contribution in [3.63, 3.8) is 0 Å². The molecule has 4 nitrogen and oxygen atoms in total. The third-order valence-corrected chi connectivity index (χ3v) is 6.63. The van der Waals surface area contributed by atoms with Gasteiger partial charge in [0.15, 0.2) is 0 Å². The number of aromatic nitrogens is 1. The van der Waals surface area contributed by atoms with Crippen LogP contribution in [0.4, 0.5) is 0 Å². The lowest BCUT2D eigenvalue weighted by atomic mass is 9.85. The predicted octanol–water partition coefficient (Wildman–Crippen LogP) is 3.75. The van der Waals surface area contributed by atoms with Crippen molar-refractivity contribution >= 4 is 0 Å². The number of benzene rings is 1. The maximum Gasteiger partial charge on any atom is 0.122 e. The van der Waals surface area contributed by atoms with Gasteiger partial charge < -0.3 is 9.84 Å². The molecule has 4 rings (SSSR count). The Labute approximate surface area is 162 Å². The van der Waals surface area contributed by atoms with E-state index in [1.807, 2.05) is 19.2 Å². The molecule has 4 heteroatoms. The summed E-state index contributed by atoms with van der Waals surface area (Å²) in [4.78, 5) is 7.07. The van der Waals surface area contributed by atoms with Crippen molar-refractivity contribution in [3.8, 4) is 5.75 Å². The SMILES string of the molecule is COc1cc(C)c(CN2C[C@@H]3CC[C@@](O)(c4ccc(C)cn4)[C@@H]3C2)cc1C. The number of fused-ring (bicyclic) bond motifs is 1. The number of methoxy groups -OCH3 is 1. The van der Waals surface area contributed by atoms with Gasteiger partial charge in [-0.25, -0.2) is 0 Å². The molecular formula is C23H30N2O2. The highest BCUT2D eigenvalue weighted by atomic mass is 16.5. The van der Waals surface area contributed by atoms with E-state index >= 15 is 0 Å². The average Bonchev–Trinajstić information content (AvgIpc) is 3.19. The van der Waals surface area contributed by atoms with Crippen LogP contribution in [0.2, 0.25) is 0 Å². The Morgan fingerprint density at radius 2 is 2.00 bits per heavy atom. The minimum atomic E-state index is -0.780. The molecule has 1 N–H and O–H groups in total. The van der Waals surface area contributed by atoms with E-state index in [-0.39, 0.29) is 5.92 Å². The zero-order chi connectivity index (χ0) is 19.2. The quantitative estimate of drug-likeness (QED) is 0.895. The maximum absolute atomic E-state index is 11.5. The zero-order valence-electron chi connectivity index (χ0n) is 16.8. The number of pyridine rings is 1. The van der Waals surface area contributed by atoms with E-state index in [9.17, 15) is 5.11 Å². The molecule has 1 aromatic heterocycles. The third-order valence-electron chi connectivity index (χ3n) is 6.63. The van der Waals surface area contributed by atoms with Crippen LogP contribution < -0.4 is 4.74 Å². The van der Waals surface area contributed by atoms with E-state index in [1.54, 1.807) is 7.11 Å². The molecule has 3 atom stereocenters. The Bertz CT molecular complexity index is 833. The van der Waals surface area contributed by atoms with Gasteiger partial charge in [0.2, 0.25) is 0 Å². The lowest BCUT2D eigenvalue weighted by molar-refractivity contribution is -0.0108. The molecule has 1 aromatic carbocycles. The smallest absolute Gasteiger partial charge is 0.122 e. The fraction of sp³-hybridized carbons (Fsp3) is 0.522. The van der Waals surface area contributed by atoms with E-state index in [2.05, 4.69) is 41.9 Å². The van der Waals surface area contributed by atoms with Crippen molar-refractivity contribution in [1.82, 2.24) is 9.88 Å². The molecule has 0 bridgehead atoms. The molecule has 0 spiro atoms. The number of hydrogen-bond donors (Lipinski definition) is 1. The normalized spacial score (nSPS) is 27.7. The van der Waals surface area contributed by atoms with Gasteiger partial charge in [0.1, 0.15) is 11.4 Å². The van der Waals surface area contributed by atoms with E-state index in [0.29, 0.717) is 5.92 Å². The molecule has 2 aliphatic rings. The molecule has 0 radical (unpaired) electrons. The van der Waals surface area contributed by atoms with Crippen molar-refractivity contribution in [2.24, 2.45) is 11.8 Å². The summed E-state index contributed by atoms with van der Waals surface area (Å²) in [5.41, 5.74) is 5.00. The summed E-state index contributed by atoms with van der Waals surface area (Å²) in [5, 5.41) is 11.5. The highest BCUT2D eigenvalue weighted by Crippen LogP contribution is 2.50. The van der Waals surface area contributed by atoms with Gasteiger partial charge in [-0.2, -0.15) is 0 Å². The summed E-state index contributed by atoms with van der Waals surface area (Å²) in [5.74, 6) is 1.78. The summed E-state index contributed by atoms with van der Waals surface area (Å²) < 4.78 is 5.44. The van der Waals surface area contributed by atoms with Gasteiger partial charge in [0.05, 0.1) is 12.8 Å². The maximum atomic E-state index is 11.5. The van der Waals surface area contributed by atoms with Gasteiger partial charge in [-0.3, -0.25) is 9.88 Å². The first-order valence-electron chi connectivity index (χ1n) is 9.92. The monoisotopic (exact) mass is 366 g/mol. The van der Waals surface area contributed by atoms with Crippen molar-refractivity contribution < 1.29 is 9.84 Å². The molecule has 1 aliphatic heterocycles. The fourth-order valence-electron chi connectivity index (χ4n) is 5.04. The summed E-state index contributed by atoms with van der Waals surface area (Å²) in [6, 6.07) is 8.45. The Morgan fingerprint density at radius 3 is 2.70 bits per heavy atom. The number of ether oxygens (including phenoxy) is 1. The number of aryl methyl sites for hydroxylation is 3. The second-order valence-electron chi connectivity index (χ2n) is 8.49. The van der Waals surface area contributed by atoms with E-state index in [1.165, 1.54) is 16.7 Å². The minimum Gasteiger partial charge on any atom is -0.496 e. The Hall–Kier alpha value is -1.91. The Morgan fingerprint density at radius 1 is 1.19 bits per heavy atom. The lowest BCUT2D eigenvalue weighted by Gasteiger charge is -2.30. The second kappa shape index (κ2) is 6.92. The predicted molar refractivity (Wildman–Crippen MR) is 107 cm³/mol. The number of nitrogens with zero attached hydrogens (tertiary/aromatic N) is 2. The lowest BCUT2D eigenvalue weighted by Crippen LogP contribution is -2.35. The van der Waals surface area contributed by atoms with Crippen molar-refractivity contribution in [3.05, 3.63) is 58.4 Å². The van der Waals surface area contributed by atoms with Crippen molar-refractivity contribution in [2.75, 3.05) is 20.2 Å². The molecule has 1 saturated heterocycles. The molecule has 1 saturated carbocycles. The molecular weight excluding hydrogens is 336 g/mol. The zero-order valence-corrected chi connectivity index (χ0v) is 16.8. The number of aliphatic hydroxyl groups is 1. The minimum absolute atomic E-state index is 0.271. The fourth-order valence-corrected chi connectivity index (χ4v) is 5.04. The van der Waals surface area contributed by atoms with E-state index < -0.39 is 5.60 Å². The summed E-state index contributed by atoms with van der Waals surface area (Å²) in [7, 11) is 1.73. The molecule has 27 heavy (non-hydrogen) atoms. The molecule has 2 heterocycles. The van der Waals surface area contributed by atoms with Gasteiger partial charge in [0, 0.05) is 31.7 Å². The molecule has 2 fully saturated rings. The van der Waals surface area contributed by atoms with Crippen molar-refractivity contribution in [1.29, 1.82) is 0 Å². The highest BCUT2D eigenvalue weighted by molar-refractivity contribution is 5.41. The topological polar surface area (TPSA) is 45.6 Å². The molecule has 2 aromatic rings. The number of rotatable bonds is 4. The van der Waals surface area contributed by atoms with Crippen LogP contribution in [-0.2, 0) is 12.1 Å². The van der Waals surface area contributed by atoms with Gasteiger partial charge in [-0.15, -0.1) is 0 Å². The Balaban J connectivity index is 1.52. The van der Waals surface area contributed by atoms with E-state index in [4.69, 9.17) is 4.74 Å². The van der Waals surface area contributed by atoms with Crippen LogP contribution in [0.15, 0.2) is 30.5 Å². The van der Waals surface area contributed by atoms with Crippen LogP contribution >= 0.6 is 0 Å². The van der Waals surface area contributed by atoms with Crippen LogP contribution in [-0.4, -0.2) is 35.2 Å². The van der Waals surface area contributed by atoms with E-state index in [0.717, 1.165) is 49.5 Å². The van der Waals surface area contributed by atoms with Gasteiger partial charge in [-0.05, 0) is 73.9 Å². The first-order valence-corrected chi connectivity index (χ1v) is 9.92. The Kier molecular flexibility index (Phi) is 4.73. The van der Waals surface area contributed by atoms with Crippen LogP contribution in [0, 0.1) is 32.6 Å². The summed E-state index contributed by atoms with van der Waals surface area (Å²) in [6.07, 6.45) is 3.78. The second-order valence-corrected chi connectivity index (χ2v) is 8.49. The number of likely N-dealkylation sites (tertiary alicyclic amines) is 1. The molecule has 0 unspecified atom stereocenters. The first kappa shape index (κ1) is 18.5. The highest BCUT2D eigenvalue weighted by Gasteiger charge is 2.53. The first-order chi connectivity index (χ1) is 12.9. The van der Waals surface area contributed by atoms with Crippen LogP contribution in [0.3, 0.4) is 0 Å².